The summed E-state index contributed by atoms with van der Waals surface area (Å²) in [4.78, 5) is 0. The van der Waals surface area contributed by atoms with Crippen LogP contribution >= 0.6 is 0 Å². The highest BCUT2D eigenvalue weighted by Crippen LogP contribution is 2.23. The molecule has 0 aliphatic rings. The van der Waals surface area contributed by atoms with Crippen molar-refractivity contribution in [2.24, 2.45) is 0 Å². The van der Waals surface area contributed by atoms with Crippen molar-refractivity contribution in [3.63, 3.8) is 0 Å². The molecular weight excluding hydrogens is 236 g/mol. The van der Waals surface area contributed by atoms with Gasteiger partial charge in [-0.05, 0) is 24.1 Å². The monoisotopic (exact) mass is 256 g/mol. The molecule has 1 unspecified atom stereocenters. The summed E-state index contributed by atoms with van der Waals surface area (Å²) in [5, 5.41) is 0. The quantitative estimate of drug-likeness (QED) is 0.768. The second-order valence-corrected chi connectivity index (χ2v) is 4.51. The minimum absolute atomic E-state index is 0.424. The van der Waals surface area contributed by atoms with Crippen molar-refractivity contribution in [1.29, 1.82) is 0 Å². The van der Waals surface area contributed by atoms with Gasteiger partial charge in [-0.2, -0.15) is 0 Å². The van der Waals surface area contributed by atoms with Gasteiger partial charge in [-0.3, -0.25) is 0 Å². The Bertz CT molecular complexity index is 494. The fraction of sp³-hybridized carbons (Fsp3) is 0.294. The van der Waals surface area contributed by atoms with Gasteiger partial charge in [0, 0.05) is 12.0 Å². The third kappa shape index (κ3) is 3.75. The molecule has 0 heterocycles. The van der Waals surface area contributed by atoms with Gasteiger partial charge in [0.2, 0.25) is 0 Å². The summed E-state index contributed by atoms with van der Waals surface area (Å²) in [5.74, 6) is 2.10. The molecule has 0 amide bonds. The molecule has 19 heavy (non-hydrogen) atoms. The average Bonchev–Trinajstić information content (AvgIpc) is 2.49. The molecule has 0 radical (unpaired) electrons. The van der Waals surface area contributed by atoms with Gasteiger partial charge in [0.05, 0.1) is 13.7 Å². The highest BCUT2D eigenvalue weighted by atomic mass is 16.5. The van der Waals surface area contributed by atoms with Crippen molar-refractivity contribution in [3.05, 3.63) is 60.2 Å². The Morgan fingerprint density at radius 1 is 0.947 bits per heavy atom. The molecule has 0 bridgehead atoms. The van der Waals surface area contributed by atoms with Crippen LogP contribution in [-0.2, 0) is 0 Å². The zero-order valence-corrected chi connectivity index (χ0v) is 11.5. The highest BCUT2D eigenvalue weighted by molar-refractivity contribution is 5.33. The Morgan fingerprint density at radius 2 is 1.68 bits per heavy atom. The van der Waals surface area contributed by atoms with Crippen molar-refractivity contribution in [3.8, 4) is 11.5 Å². The first-order valence-electron chi connectivity index (χ1n) is 6.65. The van der Waals surface area contributed by atoms with E-state index < -0.39 is 0 Å². The molecule has 2 aromatic rings. The van der Waals surface area contributed by atoms with Crippen LogP contribution in [0.5, 0.6) is 11.5 Å². The Kier molecular flexibility index (Phi) is 4.85. The van der Waals surface area contributed by atoms with Gasteiger partial charge >= 0.3 is 0 Å². The van der Waals surface area contributed by atoms with Crippen LogP contribution < -0.4 is 9.47 Å². The van der Waals surface area contributed by atoms with Crippen molar-refractivity contribution in [2.45, 2.75) is 19.3 Å². The zero-order chi connectivity index (χ0) is 13.5. The van der Waals surface area contributed by atoms with Crippen LogP contribution in [-0.4, -0.2) is 13.7 Å². The fourth-order valence-electron chi connectivity index (χ4n) is 2.06. The SMILES string of the molecule is CCC(COc1cccc(OC)c1)c1ccccc1. The van der Waals surface area contributed by atoms with Crippen LogP contribution in [0.1, 0.15) is 24.8 Å². The predicted molar refractivity (Wildman–Crippen MR) is 78.0 cm³/mol. The van der Waals surface area contributed by atoms with E-state index in [1.54, 1.807) is 7.11 Å². The number of methoxy groups -OCH3 is 1. The van der Waals surface area contributed by atoms with E-state index in [-0.39, 0.29) is 0 Å². The van der Waals surface area contributed by atoms with Crippen LogP contribution in [0.3, 0.4) is 0 Å². The summed E-state index contributed by atoms with van der Waals surface area (Å²) in [6.45, 7) is 2.88. The summed E-state index contributed by atoms with van der Waals surface area (Å²) in [7, 11) is 1.66. The first kappa shape index (κ1) is 13.5. The summed E-state index contributed by atoms with van der Waals surface area (Å²) in [6, 6.07) is 18.2. The zero-order valence-electron chi connectivity index (χ0n) is 11.5. The van der Waals surface area contributed by atoms with E-state index in [0.29, 0.717) is 12.5 Å². The van der Waals surface area contributed by atoms with Crippen molar-refractivity contribution in [1.82, 2.24) is 0 Å². The van der Waals surface area contributed by atoms with Crippen molar-refractivity contribution >= 4 is 0 Å². The maximum Gasteiger partial charge on any atom is 0.123 e. The molecule has 2 aromatic carbocycles. The number of ether oxygens (including phenoxy) is 2. The molecule has 0 N–H and O–H groups in total. The molecule has 0 saturated carbocycles. The van der Waals surface area contributed by atoms with E-state index >= 15 is 0 Å². The molecule has 0 aromatic heterocycles. The van der Waals surface area contributed by atoms with Crippen molar-refractivity contribution < 1.29 is 9.47 Å². The molecule has 2 rings (SSSR count). The topological polar surface area (TPSA) is 18.5 Å². The van der Waals surface area contributed by atoms with Crippen LogP contribution in [0, 0.1) is 0 Å². The second kappa shape index (κ2) is 6.83. The maximum atomic E-state index is 5.88. The normalized spacial score (nSPS) is 11.9. The lowest BCUT2D eigenvalue weighted by Crippen LogP contribution is -2.09. The number of hydrogen-bond donors (Lipinski definition) is 0. The molecule has 0 aliphatic carbocycles. The molecule has 0 saturated heterocycles. The first-order valence-corrected chi connectivity index (χ1v) is 6.65. The number of benzene rings is 2. The van der Waals surface area contributed by atoms with Gasteiger partial charge < -0.3 is 9.47 Å². The molecule has 0 aliphatic heterocycles. The number of rotatable bonds is 6. The summed E-state index contributed by atoms with van der Waals surface area (Å²) >= 11 is 0. The fourth-order valence-corrected chi connectivity index (χ4v) is 2.06. The summed E-state index contributed by atoms with van der Waals surface area (Å²) < 4.78 is 11.1. The van der Waals surface area contributed by atoms with Gasteiger partial charge in [-0.1, -0.05) is 43.3 Å². The van der Waals surface area contributed by atoms with Crippen LogP contribution in [0.4, 0.5) is 0 Å². The van der Waals surface area contributed by atoms with E-state index in [4.69, 9.17) is 9.47 Å². The highest BCUT2D eigenvalue weighted by Gasteiger charge is 2.09. The van der Waals surface area contributed by atoms with E-state index in [1.807, 2.05) is 30.3 Å². The predicted octanol–water partition coefficient (Wildman–Crippen LogP) is 4.27. The van der Waals surface area contributed by atoms with E-state index in [1.165, 1.54) is 5.56 Å². The third-order valence-electron chi connectivity index (χ3n) is 3.26. The summed E-state index contributed by atoms with van der Waals surface area (Å²) in [5.41, 5.74) is 1.33. The number of hydrogen-bond acceptors (Lipinski definition) is 2. The average molecular weight is 256 g/mol. The Labute approximate surface area is 115 Å². The van der Waals surface area contributed by atoms with Crippen LogP contribution in [0.25, 0.3) is 0 Å². The second-order valence-electron chi connectivity index (χ2n) is 4.51. The van der Waals surface area contributed by atoms with E-state index in [0.717, 1.165) is 17.9 Å². The minimum atomic E-state index is 0.424. The molecule has 0 spiro atoms. The van der Waals surface area contributed by atoms with Crippen LogP contribution in [0.2, 0.25) is 0 Å². The van der Waals surface area contributed by atoms with E-state index in [2.05, 4.69) is 31.2 Å². The Hall–Kier alpha value is -1.96. The maximum absolute atomic E-state index is 5.88. The Balaban J connectivity index is 2.00. The van der Waals surface area contributed by atoms with Gasteiger partial charge in [0.25, 0.3) is 0 Å². The standard InChI is InChI=1S/C17H20O2/c1-3-14(15-8-5-4-6-9-15)13-19-17-11-7-10-16(12-17)18-2/h4-12,14H,3,13H2,1-2H3. The minimum Gasteiger partial charge on any atom is -0.497 e. The van der Waals surface area contributed by atoms with Crippen LogP contribution in [0.15, 0.2) is 54.6 Å². The lowest BCUT2D eigenvalue weighted by molar-refractivity contribution is 0.283. The Morgan fingerprint density at radius 3 is 2.37 bits per heavy atom. The molecule has 2 heteroatoms. The van der Waals surface area contributed by atoms with Gasteiger partial charge in [0.15, 0.2) is 0 Å². The lowest BCUT2D eigenvalue weighted by Gasteiger charge is -2.16. The molecule has 0 fully saturated rings. The molecule has 100 valence electrons. The lowest BCUT2D eigenvalue weighted by atomic mass is 9.98. The molecular formula is C17H20O2. The van der Waals surface area contributed by atoms with Gasteiger partial charge in [-0.15, -0.1) is 0 Å². The van der Waals surface area contributed by atoms with Gasteiger partial charge in [0.1, 0.15) is 11.5 Å². The van der Waals surface area contributed by atoms with E-state index in [9.17, 15) is 0 Å². The smallest absolute Gasteiger partial charge is 0.123 e. The molecule has 1 atom stereocenters. The molecule has 2 nitrogen and oxygen atoms in total. The largest absolute Gasteiger partial charge is 0.497 e. The third-order valence-corrected chi connectivity index (χ3v) is 3.26. The first-order chi connectivity index (χ1) is 9.33. The van der Waals surface area contributed by atoms with Gasteiger partial charge in [-0.25, -0.2) is 0 Å². The van der Waals surface area contributed by atoms with Crippen molar-refractivity contribution in [2.75, 3.05) is 13.7 Å². The summed E-state index contributed by atoms with van der Waals surface area (Å²) in [6.07, 6.45) is 1.06.